The van der Waals surface area contributed by atoms with Gasteiger partial charge in [-0.3, -0.25) is 14.0 Å². The number of fused-ring (bicyclic) bond motifs is 1. The summed E-state index contributed by atoms with van der Waals surface area (Å²) in [7, 11) is -1.87. The molecule has 1 atom stereocenters. The minimum Gasteiger partial charge on any atom is -1.00 e. The number of methoxy groups -OCH3 is 3. The van der Waals surface area contributed by atoms with Crippen LogP contribution in [0.5, 0.6) is 17.2 Å². The second-order valence-electron chi connectivity index (χ2n) is 8.92. The topological polar surface area (TPSA) is 147 Å². The Bertz CT molecular complexity index is 1750. The van der Waals surface area contributed by atoms with Gasteiger partial charge in [0.15, 0.2) is 0 Å². The number of benzene rings is 2. The Hall–Kier alpha value is -2.97. The summed E-state index contributed by atoms with van der Waals surface area (Å²) in [6, 6.07) is 8.88. The number of carbonyl (C=O) groups is 1. The average molecular weight is 612 g/mol. The molecule has 41 heavy (non-hydrogen) atoms. The Kier molecular flexibility index (Phi) is 10.6. The molecule has 2 aromatic carbocycles. The smallest absolute Gasteiger partial charge is 1.00 e. The summed E-state index contributed by atoms with van der Waals surface area (Å²) in [5.41, 5.74) is 2.88. The number of nitrogens with zero attached hydrogens (tertiary/aromatic N) is 3. The maximum Gasteiger partial charge on any atom is 1.00 e. The number of aryl methyl sites for hydroxylation is 2. The molecule has 4 aromatic rings. The summed E-state index contributed by atoms with van der Waals surface area (Å²) in [4.78, 5) is 19.9. The Morgan fingerprint density at radius 3 is 2.44 bits per heavy atom. The summed E-state index contributed by atoms with van der Waals surface area (Å²) in [6.07, 6.45) is 1.46. The molecule has 11 nitrogen and oxygen atoms in total. The number of carboxylic acid groups (broad SMARTS) is 1. The predicted octanol–water partition coefficient (Wildman–Crippen LogP) is 0.752. The molecule has 4 rings (SSSR count). The number of pyridine rings is 1. The third-order valence-electron chi connectivity index (χ3n) is 6.41. The van der Waals surface area contributed by atoms with E-state index in [9.17, 15) is 17.4 Å². The normalized spacial score (nSPS) is 12.0. The van der Waals surface area contributed by atoms with E-state index in [1.165, 1.54) is 45.6 Å². The second-order valence-corrected chi connectivity index (χ2v) is 12.1. The minimum atomic E-state index is -4.35. The molecular weight excluding hydrogens is 581 g/mol. The summed E-state index contributed by atoms with van der Waals surface area (Å²) in [5, 5.41) is 8.95. The largest absolute Gasteiger partial charge is 1.00 e. The zero-order chi connectivity index (χ0) is 29.2. The molecule has 1 unspecified atom stereocenters. The van der Waals surface area contributed by atoms with Crippen molar-refractivity contribution in [1.82, 2.24) is 13.9 Å². The molecule has 0 aliphatic rings. The zero-order valence-electron chi connectivity index (χ0n) is 24.6. The number of hydrogen-bond donors (Lipinski definition) is 1. The number of imidazole rings is 1. The van der Waals surface area contributed by atoms with E-state index in [1.807, 2.05) is 6.92 Å². The van der Waals surface area contributed by atoms with E-state index < -0.39 is 26.8 Å². The number of carboxylic acids is 1. The van der Waals surface area contributed by atoms with Crippen LogP contribution < -0.4 is 43.8 Å². The van der Waals surface area contributed by atoms with Crippen molar-refractivity contribution in [2.45, 2.75) is 42.5 Å². The molecule has 0 spiro atoms. The first-order valence-corrected chi connectivity index (χ1v) is 14.9. The predicted molar refractivity (Wildman–Crippen MR) is 149 cm³/mol. The van der Waals surface area contributed by atoms with Crippen molar-refractivity contribution in [3.63, 3.8) is 0 Å². The van der Waals surface area contributed by atoms with Gasteiger partial charge in [-0.15, -0.1) is 0 Å². The van der Waals surface area contributed by atoms with Crippen LogP contribution in [0.2, 0.25) is 0 Å². The van der Waals surface area contributed by atoms with Crippen molar-refractivity contribution < 1.29 is 67.7 Å². The minimum absolute atomic E-state index is 0. The van der Waals surface area contributed by atoms with E-state index in [0.29, 0.717) is 34.1 Å². The molecule has 0 saturated carbocycles. The van der Waals surface area contributed by atoms with Crippen LogP contribution in [0.1, 0.15) is 30.2 Å². The molecule has 0 aliphatic carbocycles. The SMILES string of the molecule is COc1ccc2c(c1)nc(S(=O)Cc1ncc(C)c(OC)c1C)n2S(=O)(=O)c1ccc(OC)c(CCC(=O)O)c1.[H-].[Na+]. The molecule has 0 aliphatic heterocycles. The number of ether oxygens (including phenoxy) is 3. The van der Waals surface area contributed by atoms with Crippen LogP contribution >= 0.6 is 0 Å². The van der Waals surface area contributed by atoms with Crippen LogP contribution in [0.3, 0.4) is 0 Å². The maximum absolute atomic E-state index is 14.1. The standard InChI is InChI=1S/C27H29N3O8S2.Na.H/c1-16-14-28-22(17(2)26(16)38-5)15-39(33)27-29-21-13-19(36-3)7-9-23(21)30(27)40(34,35)20-8-10-24(37-4)18(12-20)6-11-25(31)32;;/h7-10,12-14H,6,11,15H2,1-5H3,(H,31,32);;/q;+1;-1. The molecular formula is C27H30N3NaO8S2. The number of aromatic nitrogens is 3. The van der Waals surface area contributed by atoms with Gasteiger partial charge in [0.1, 0.15) is 17.2 Å². The summed E-state index contributed by atoms with van der Waals surface area (Å²) < 4.78 is 59.0. The van der Waals surface area contributed by atoms with Crippen molar-refractivity contribution in [3.8, 4) is 17.2 Å². The van der Waals surface area contributed by atoms with E-state index in [0.717, 1.165) is 9.54 Å². The summed E-state index contributed by atoms with van der Waals surface area (Å²) in [5.74, 6) is 0.289. The van der Waals surface area contributed by atoms with Crippen molar-refractivity contribution in [1.29, 1.82) is 0 Å². The third kappa shape index (κ3) is 6.59. The van der Waals surface area contributed by atoms with Crippen LogP contribution in [0.25, 0.3) is 11.0 Å². The van der Waals surface area contributed by atoms with E-state index in [2.05, 4.69) is 9.97 Å². The first kappa shape index (κ1) is 32.5. The summed E-state index contributed by atoms with van der Waals surface area (Å²) in [6.45, 7) is 3.64. The van der Waals surface area contributed by atoms with Gasteiger partial charge < -0.3 is 20.7 Å². The molecule has 2 heterocycles. The van der Waals surface area contributed by atoms with Crippen LogP contribution in [0.4, 0.5) is 0 Å². The van der Waals surface area contributed by atoms with Gasteiger partial charge in [0, 0.05) is 29.8 Å². The zero-order valence-corrected chi connectivity index (χ0v) is 27.3. The Labute approximate surface area is 264 Å². The average Bonchev–Trinajstić information content (AvgIpc) is 3.33. The van der Waals surface area contributed by atoms with Gasteiger partial charge in [0.25, 0.3) is 10.0 Å². The fraction of sp³-hybridized carbons (Fsp3) is 0.296. The number of rotatable bonds is 11. The van der Waals surface area contributed by atoms with E-state index in [4.69, 9.17) is 19.3 Å². The maximum atomic E-state index is 14.1. The van der Waals surface area contributed by atoms with E-state index >= 15 is 0 Å². The molecule has 0 fully saturated rings. The second kappa shape index (κ2) is 13.3. The molecule has 0 radical (unpaired) electrons. The molecule has 1 N–H and O–H groups in total. The van der Waals surface area contributed by atoms with Crippen LogP contribution in [0, 0.1) is 13.8 Å². The van der Waals surface area contributed by atoms with Gasteiger partial charge in [-0.1, -0.05) is 0 Å². The number of hydrogen-bond acceptors (Lipinski definition) is 9. The Morgan fingerprint density at radius 2 is 1.80 bits per heavy atom. The fourth-order valence-electron chi connectivity index (χ4n) is 4.38. The molecule has 0 amide bonds. The van der Waals surface area contributed by atoms with Gasteiger partial charge in [-0.2, -0.15) is 0 Å². The fourth-order valence-corrected chi connectivity index (χ4v) is 7.48. The van der Waals surface area contributed by atoms with Gasteiger partial charge in [0.05, 0.1) is 59.5 Å². The molecule has 2 aromatic heterocycles. The van der Waals surface area contributed by atoms with E-state index in [1.54, 1.807) is 25.3 Å². The Morgan fingerprint density at radius 1 is 1.07 bits per heavy atom. The Balaban J connectivity index is 0.00000308. The van der Waals surface area contributed by atoms with Crippen LogP contribution in [0.15, 0.2) is 52.6 Å². The molecule has 214 valence electrons. The first-order chi connectivity index (χ1) is 19.0. The monoisotopic (exact) mass is 611 g/mol. The van der Waals surface area contributed by atoms with Crippen LogP contribution in [-0.4, -0.2) is 59.0 Å². The molecule has 0 saturated heterocycles. The van der Waals surface area contributed by atoms with Crippen LogP contribution in [-0.2, 0) is 37.8 Å². The van der Waals surface area contributed by atoms with Gasteiger partial charge >= 0.3 is 35.5 Å². The van der Waals surface area contributed by atoms with Crippen molar-refractivity contribution >= 4 is 37.8 Å². The summed E-state index contributed by atoms with van der Waals surface area (Å²) >= 11 is 0. The third-order valence-corrected chi connectivity index (χ3v) is 9.44. The van der Waals surface area contributed by atoms with Gasteiger partial charge in [0.2, 0.25) is 5.16 Å². The quantitative estimate of drug-likeness (QED) is 0.241. The van der Waals surface area contributed by atoms with Crippen molar-refractivity contribution in [2.75, 3.05) is 21.3 Å². The number of aliphatic carboxylic acids is 1. The van der Waals surface area contributed by atoms with Gasteiger partial charge in [-0.05, 0) is 56.2 Å². The molecule has 0 bridgehead atoms. The van der Waals surface area contributed by atoms with E-state index in [-0.39, 0.29) is 70.7 Å². The van der Waals surface area contributed by atoms with Gasteiger partial charge in [-0.25, -0.2) is 17.4 Å². The van der Waals surface area contributed by atoms with Crippen molar-refractivity contribution in [2.24, 2.45) is 0 Å². The molecule has 14 heteroatoms. The first-order valence-electron chi connectivity index (χ1n) is 12.1. The van der Waals surface area contributed by atoms with Crippen molar-refractivity contribution in [3.05, 3.63) is 65.0 Å².